The molecule has 5 heteroatoms. The van der Waals surface area contributed by atoms with E-state index in [0.29, 0.717) is 6.54 Å². The summed E-state index contributed by atoms with van der Waals surface area (Å²) in [4.78, 5) is 12.2. The summed E-state index contributed by atoms with van der Waals surface area (Å²) in [7, 11) is 1.99. The maximum atomic E-state index is 10.5. The van der Waals surface area contributed by atoms with Crippen LogP contribution in [0.25, 0.3) is 0 Å². The van der Waals surface area contributed by atoms with Gasteiger partial charge in [0.15, 0.2) is 0 Å². The van der Waals surface area contributed by atoms with E-state index in [2.05, 4.69) is 11.8 Å². The van der Waals surface area contributed by atoms with E-state index in [1.807, 2.05) is 7.05 Å². The van der Waals surface area contributed by atoms with Crippen LogP contribution in [0.4, 0.5) is 5.69 Å². The number of nitrogens with zero attached hydrogens (tertiary/aromatic N) is 2. The molecule has 2 N–H and O–H groups in total. The Morgan fingerprint density at radius 1 is 1.44 bits per heavy atom. The molecule has 0 aliphatic carbocycles. The minimum absolute atomic E-state index is 0.123. The molecule has 0 fully saturated rings. The van der Waals surface area contributed by atoms with Gasteiger partial charge in [-0.05, 0) is 19.5 Å². The van der Waals surface area contributed by atoms with Crippen molar-refractivity contribution in [3.63, 3.8) is 0 Å². The fourth-order valence-corrected chi connectivity index (χ4v) is 1.53. The van der Waals surface area contributed by atoms with Gasteiger partial charge in [0.2, 0.25) is 0 Å². The third-order valence-electron chi connectivity index (χ3n) is 2.73. The summed E-state index contributed by atoms with van der Waals surface area (Å²) >= 11 is 0. The van der Waals surface area contributed by atoms with Crippen LogP contribution in [-0.2, 0) is 0 Å². The molecule has 1 atom stereocenters. The van der Waals surface area contributed by atoms with Crippen molar-refractivity contribution in [1.29, 1.82) is 0 Å². The van der Waals surface area contributed by atoms with Crippen molar-refractivity contribution >= 4 is 5.69 Å². The molecule has 0 radical (unpaired) electrons. The minimum Gasteiger partial charge on any atom is -0.329 e. The Bertz CT molecular complexity index is 351. The monoisotopic (exact) mass is 223 g/mol. The highest BCUT2D eigenvalue weighted by Gasteiger charge is 2.12. The summed E-state index contributed by atoms with van der Waals surface area (Å²) in [5, 5.41) is 10.5. The highest BCUT2D eigenvalue weighted by molar-refractivity contribution is 5.34. The number of likely N-dealkylation sites (N-methyl/N-ethyl adjacent to an activating group) is 1. The van der Waals surface area contributed by atoms with E-state index >= 15 is 0 Å². The van der Waals surface area contributed by atoms with Crippen molar-refractivity contribution in [3.05, 3.63) is 39.9 Å². The average molecular weight is 223 g/mol. The van der Waals surface area contributed by atoms with E-state index in [4.69, 9.17) is 5.73 Å². The molecule has 0 aliphatic rings. The normalized spacial score (nSPS) is 12.8. The van der Waals surface area contributed by atoms with Gasteiger partial charge in [-0.3, -0.25) is 15.0 Å². The van der Waals surface area contributed by atoms with Gasteiger partial charge in [-0.1, -0.05) is 12.1 Å². The second-order valence-electron chi connectivity index (χ2n) is 3.79. The second-order valence-corrected chi connectivity index (χ2v) is 3.79. The lowest BCUT2D eigenvalue weighted by molar-refractivity contribution is -0.384. The van der Waals surface area contributed by atoms with E-state index < -0.39 is 4.92 Å². The number of nitro groups is 1. The zero-order valence-corrected chi connectivity index (χ0v) is 9.59. The number of nitrogens with two attached hydrogens (primary N) is 1. The van der Waals surface area contributed by atoms with E-state index in [1.54, 1.807) is 12.1 Å². The summed E-state index contributed by atoms with van der Waals surface area (Å²) < 4.78 is 0. The van der Waals surface area contributed by atoms with Gasteiger partial charge >= 0.3 is 0 Å². The number of benzene rings is 1. The summed E-state index contributed by atoms with van der Waals surface area (Å²) in [5.74, 6) is 0. The highest BCUT2D eigenvalue weighted by atomic mass is 16.6. The second kappa shape index (κ2) is 5.58. The maximum Gasteiger partial charge on any atom is 0.269 e. The molecule has 1 unspecified atom stereocenters. The average Bonchev–Trinajstić information content (AvgIpc) is 2.28. The fraction of sp³-hybridized carbons (Fsp3) is 0.455. The first-order chi connectivity index (χ1) is 7.56. The van der Waals surface area contributed by atoms with E-state index in [1.165, 1.54) is 12.1 Å². The van der Waals surface area contributed by atoms with Gasteiger partial charge in [0.25, 0.3) is 5.69 Å². The molecule has 1 aromatic rings. The Labute approximate surface area is 95.0 Å². The highest BCUT2D eigenvalue weighted by Crippen LogP contribution is 2.21. The minimum atomic E-state index is -0.391. The molecule has 0 saturated heterocycles. The van der Waals surface area contributed by atoms with Gasteiger partial charge in [-0.25, -0.2) is 0 Å². The van der Waals surface area contributed by atoms with Gasteiger partial charge < -0.3 is 5.73 Å². The summed E-state index contributed by atoms with van der Waals surface area (Å²) in [5.41, 5.74) is 6.66. The van der Waals surface area contributed by atoms with Crippen molar-refractivity contribution in [1.82, 2.24) is 4.90 Å². The van der Waals surface area contributed by atoms with Crippen molar-refractivity contribution < 1.29 is 4.92 Å². The molecular formula is C11H17N3O2. The van der Waals surface area contributed by atoms with E-state index in [-0.39, 0.29) is 11.7 Å². The lowest BCUT2D eigenvalue weighted by Crippen LogP contribution is -2.28. The molecule has 0 saturated carbocycles. The quantitative estimate of drug-likeness (QED) is 0.607. The molecule has 0 spiro atoms. The fourth-order valence-electron chi connectivity index (χ4n) is 1.53. The summed E-state index contributed by atoms with van der Waals surface area (Å²) in [6, 6.07) is 6.85. The van der Waals surface area contributed by atoms with Crippen molar-refractivity contribution in [2.75, 3.05) is 20.1 Å². The van der Waals surface area contributed by atoms with E-state index in [9.17, 15) is 10.1 Å². The number of nitro benzene ring substituents is 1. The van der Waals surface area contributed by atoms with Crippen LogP contribution in [0.3, 0.4) is 0 Å². The molecule has 88 valence electrons. The van der Waals surface area contributed by atoms with Gasteiger partial charge in [-0.2, -0.15) is 0 Å². The smallest absolute Gasteiger partial charge is 0.269 e. The lowest BCUT2D eigenvalue weighted by Gasteiger charge is -2.24. The van der Waals surface area contributed by atoms with Crippen molar-refractivity contribution in [2.45, 2.75) is 13.0 Å². The van der Waals surface area contributed by atoms with Crippen molar-refractivity contribution in [2.24, 2.45) is 5.73 Å². The molecule has 16 heavy (non-hydrogen) atoms. The van der Waals surface area contributed by atoms with Gasteiger partial charge in [-0.15, -0.1) is 0 Å². The van der Waals surface area contributed by atoms with Crippen molar-refractivity contribution in [3.8, 4) is 0 Å². The molecule has 5 nitrogen and oxygen atoms in total. The van der Waals surface area contributed by atoms with Crippen LogP contribution < -0.4 is 5.73 Å². The first kappa shape index (κ1) is 12.6. The first-order valence-electron chi connectivity index (χ1n) is 5.21. The van der Waals surface area contributed by atoms with Crippen LogP contribution in [0.1, 0.15) is 18.5 Å². The van der Waals surface area contributed by atoms with Crippen LogP contribution in [0.15, 0.2) is 24.3 Å². The summed E-state index contributed by atoms with van der Waals surface area (Å²) in [6.45, 7) is 3.46. The largest absolute Gasteiger partial charge is 0.329 e. The van der Waals surface area contributed by atoms with Gasteiger partial charge in [0.1, 0.15) is 0 Å². The third-order valence-corrected chi connectivity index (χ3v) is 2.73. The van der Waals surface area contributed by atoms with E-state index in [0.717, 1.165) is 12.1 Å². The number of hydrogen-bond acceptors (Lipinski definition) is 4. The standard InChI is InChI=1S/C11H17N3O2/c1-9(13(2)8-7-12)10-3-5-11(6-4-10)14(15)16/h3-6,9H,7-8,12H2,1-2H3. The molecule has 0 aromatic heterocycles. The Kier molecular flexibility index (Phi) is 4.39. The molecular weight excluding hydrogens is 206 g/mol. The van der Waals surface area contributed by atoms with Crippen LogP contribution in [0.2, 0.25) is 0 Å². The topological polar surface area (TPSA) is 72.4 Å². The zero-order chi connectivity index (χ0) is 12.1. The molecule has 0 amide bonds. The zero-order valence-electron chi connectivity index (χ0n) is 9.59. The first-order valence-corrected chi connectivity index (χ1v) is 5.21. The number of rotatable bonds is 5. The Morgan fingerprint density at radius 2 is 2.00 bits per heavy atom. The van der Waals surface area contributed by atoms with Gasteiger partial charge in [0, 0.05) is 31.3 Å². The Morgan fingerprint density at radius 3 is 2.44 bits per heavy atom. The number of hydrogen-bond donors (Lipinski definition) is 1. The molecule has 0 bridgehead atoms. The maximum absolute atomic E-state index is 10.5. The van der Waals surface area contributed by atoms with Crippen LogP contribution in [0, 0.1) is 10.1 Å². The number of non-ortho nitro benzene ring substituents is 1. The summed E-state index contributed by atoms with van der Waals surface area (Å²) in [6.07, 6.45) is 0. The van der Waals surface area contributed by atoms with Crippen LogP contribution >= 0.6 is 0 Å². The third kappa shape index (κ3) is 3.01. The SMILES string of the molecule is CC(c1ccc([N+](=O)[O-])cc1)N(C)CCN. The Balaban J connectivity index is 2.77. The molecule has 0 heterocycles. The predicted molar refractivity (Wildman–Crippen MR) is 63.2 cm³/mol. The molecule has 1 rings (SSSR count). The van der Waals surface area contributed by atoms with Crippen LogP contribution in [0.5, 0.6) is 0 Å². The predicted octanol–water partition coefficient (Wildman–Crippen LogP) is 1.55. The molecule has 0 aliphatic heterocycles. The van der Waals surface area contributed by atoms with Gasteiger partial charge in [0.05, 0.1) is 4.92 Å². The van der Waals surface area contributed by atoms with Crippen LogP contribution in [-0.4, -0.2) is 30.0 Å². The Hall–Kier alpha value is -1.46. The lowest BCUT2D eigenvalue weighted by atomic mass is 10.1. The molecule has 1 aromatic carbocycles.